The van der Waals surface area contributed by atoms with Crippen molar-refractivity contribution >= 4 is 36.3 Å². The molecule has 0 bridgehead atoms. The van der Waals surface area contributed by atoms with E-state index in [2.05, 4.69) is 25.6 Å². The number of nitrogens with zero attached hydrogens (tertiary/aromatic N) is 4. The summed E-state index contributed by atoms with van der Waals surface area (Å²) in [5.74, 6) is 0.863. The minimum absolute atomic E-state index is 0. The lowest BCUT2D eigenvalue weighted by atomic mass is 10.2. The van der Waals surface area contributed by atoms with Crippen LogP contribution in [-0.2, 0) is 0 Å². The number of fused-ring (bicyclic) bond motifs is 1. The first-order valence-corrected chi connectivity index (χ1v) is 7.39. The summed E-state index contributed by atoms with van der Waals surface area (Å²) in [5.41, 5.74) is 1.75. The molecule has 23 heavy (non-hydrogen) atoms. The molecule has 9 heteroatoms. The average Bonchev–Trinajstić information content (AvgIpc) is 2.94. The Morgan fingerprint density at radius 1 is 1.35 bits per heavy atom. The average molecular weight is 363 g/mol. The van der Waals surface area contributed by atoms with Crippen molar-refractivity contribution in [3.8, 4) is 0 Å². The van der Waals surface area contributed by atoms with Crippen molar-refractivity contribution in [2.24, 2.45) is 0 Å². The van der Waals surface area contributed by atoms with Gasteiger partial charge in [0.15, 0.2) is 5.65 Å². The maximum absolute atomic E-state index is 10.2. The van der Waals surface area contributed by atoms with Crippen LogP contribution in [0.3, 0.4) is 0 Å². The largest absolute Gasteiger partial charge is 0.390 e. The predicted molar refractivity (Wildman–Crippen MR) is 96.0 cm³/mol. The molecular formula is C14H24Cl2N6O. The molecule has 2 aromatic rings. The van der Waals surface area contributed by atoms with Crippen LogP contribution in [0, 0.1) is 6.92 Å². The molecule has 0 aromatic carbocycles. The summed E-state index contributed by atoms with van der Waals surface area (Å²) in [7, 11) is 0. The van der Waals surface area contributed by atoms with Crippen LogP contribution >= 0.6 is 24.8 Å². The van der Waals surface area contributed by atoms with Crippen molar-refractivity contribution in [3.63, 3.8) is 0 Å². The fourth-order valence-corrected chi connectivity index (χ4v) is 2.64. The number of aliphatic hydroxyl groups excluding tert-OH is 1. The fraction of sp³-hybridized carbons (Fsp3) is 0.571. The van der Waals surface area contributed by atoms with Gasteiger partial charge in [-0.3, -0.25) is 4.90 Å². The first-order chi connectivity index (χ1) is 10.2. The standard InChI is InChI=1S/C14H22N6O.2ClH/c1-11-8-14(20-13(18-11)2-3-17-20)16-9-12(21)10-19-6-4-15-5-7-19;;/h2-3,8,12,15-16,21H,4-7,9-10H2,1H3;2*1H. The molecule has 1 fully saturated rings. The molecule has 3 N–H and O–H groups in total. The van der Waals surface area contributed by atoms with Crippen molar-refractivity contribution in [1.82, 2.24) is 24.8 Å². The van der Waals surface area contributed by atoms with Gasteiger partial charge in [0.1, 0.15) is 5.82 Å². The molecule has 1 unspecified atom stereocenters. The number of halogens is 2. The first-order valence-electron chi connectivity index (χ1n) is 7.39. The molecule has 0 radical (unpaired) electrons. The van der Waals surface area contributed by atoms with E-state index < -0.39 is 6.10 Å². The van der Waals surface area contributed by atoms with E-state index in [9.17, 15) is 5.11 Å². The molecule has 3 rings (SSSR count). The zero-order valence-corrected chi connectivity index (χ0v) is 14.7. The number of aryl methyl sites for hydroxylation is 1. The molecular weight excluding hydrogens is 339 g/mol. The molecule has 130 valence electrons. The van der Waals surface area contributed by atoms with Gasteiger partial charge >= 0.3 is 0 Å². The Balaban J connectivity index is 0.00000132. The van der Waals surface area contributed by atoms with Gasteiger partial charge in [-0.25, -0.2) is 4.98 Å². The van der Waals surface area contributed by atoms with E-state index in [0.717, 1.165) is 43.3 Å². The fourth-order valence-electron chi connectivity index (χ4n) is 2.64. The summed E-state index contributed by atoms with van der Waals surface area (Å²) in [6, 6.07) is 3.81. The Kier molecular flexibility index (Phi) is 8.01. The van der Waals surface area contributed by atoms with Crippen LogP contribution in [0.4, 0.5) is 5.82 Å². The first kappa shape index (κ1) is 19.9. The lowest BCUT2D eigenvalue weighted by Gasteiger charge is -2.29. The number of anilines is 1. The smallest absolute Gasteiger partial charge is 0.157 e. The van der Waals surface area contributed by atoms with Gasteiger partial charge in [0.25, 0.3) is 0 Å². The zero-order valence-electron chi connectivity index (χ0n) is 13.1. The summed E-state index contributed by atoms with van der Waals surface area (Å²) >= 11 is 0. The zero-order chi connectivity index (χ0) is 14.7. The van der Waals surface area contributed by atoms with E-state index in [1.807, 2.05) is 19.1 Å². The van der Waals surface area contributed by atoms with E-state index in [1.54, 1.807) is 10.7 Å². The van der Waals surface area contributed by atoms with E-state index >= 15 is 0 Å². The molecule has 0 aliphatic carbocycles. The normalized spacial score (nSPS) is 16.4. The van der Waals surface area contributed by atoms with Crippen LogP contribution in [0.2, 0.25) is 0 Å². The van der Waals surface area contributed by atoms with Gasteiger partial charge in [0.2, 0.25) is 0 Å². The third kappa shape index (κ3) is 5.19. The Hall–Kier alpha value is -1.12. The maximum Gasteiger partial charge on any atom is 0.157 e. The number of aliphatic hydroxyl groups is 1. The Morgan fingerprint density at radius 2 is 2.09 bits per heavy atom. The number of hydrogen-bond donors (Lipinski definition) is 3. The highest BCUT2D eigenvalue weighted by Gasteiger charge is 2.14. The van der Waals surface area contributed by atoms with Gasteiger partial charge in [-0.05, 0) is 6.92 Å². The number of rotatable bonds is 5. The summed E-state index contributed by atoms with van der Waals surface area (Å²) in [6.45, 7) is 7.14. The molecule has 2 aromatic heterocycles. The van der Waals surface area contributed by atoms with Crippen molar-refractivity contribution < 1.29 is 5.11 Å². The molecule has 3 heterocycles. The summed E-state index contributed by atoms with van der Waals surface area (Å²) < 4.78 is 1.75. The summed E-state index contributed by atoms with van der Waals surface area (Å²) in [6.07, 6.45) is 1.33. The van der Waals surface area contributed by atoms with E-state index in [-0.39, 0.29) is 24.8 Å². The number of β-amino-alcohol motifs (C(OH)–C–C–N with tert-alkyl or cyclic N) is 1. The predicted octanol–water partition coefficient (Wildman–Crippen LogP) is 0.559. The van der Waals surface area contributed by atoms with Crippen molar-refractivity contribution in [1.29, 1.82) is 0 Å². The number of aromatic nitrogens is 3. The minimum atomic E-state index is -0.401. The maximum atomic E-state index is 10.2. The number of piperazine rings is 1. The number of nitrogens with one attached hydrogen (secondary N) is 2. The van der Waals surface area contributed by atoms with Gasteiger partial charge < -0.3 is 15.7 Å². The highest BCUT2D eigenvalue weighted by Crippen LogP contribution is 2.11. The van der Waals surface area contributed by atoms with Crippen LogP contribution in [0.25, 0.3) is 5.65 Å². The lowest BCUT2D eigenvalue weighted by Crippen LogP contribution is -2.47. The monoisotopic (exact) mass is 362 g/mol. The molecule has 1 saturated heterocycles. The Bertz CT molecular complexity index is 602. The van der Waals surface area contributed by atoms with Crippen molar-refractivity contribution in [2.45, 2.75) is 13.0 Å². The summed E-state index contributed by atoms with van der Waals surface area (Å²) in [5, 5.41) is 21.0. The van der Waals surface area contributed by atoms with Crippen LogP contribution in [0.15, 0.2) is 18.3 Å². The molecule has 1 atom stereocenters. The van der Waals surface area contributed by atoms with Gasteiger partial charge in [-0.1, -0.05) is 0 Å². The molecule has 1 aliphatic rings. The third-order valence-electron chi connectivity index (χ3n) is 3.68. The second kappa shape index (κ2) is 9.24. The Labute approximate surface area is 148 Å². The van der Waals surface area contributed by atoms with Crippen molar-refractivity contribution in [3.05, 3.63) is 24.0 Å². The lowest BCUT2D eigenvalue weighted by molar-refractivity contribution is 0.114. The van der Waals surface area contributed by atoms with Crippen LogP contribution in [0.5, 0.6) is 0 Å². The van der Waals surface area contributed by atoms with Crippen LogP contribution < -0.4 is 10.6 Å². The molecule has 1 aliphatic heterocycles. The second-order valence-corrected chi connectivity index (χ2v) is 5.47. The quantitative estimate of drug-likeness (QED) is 0.721. The van der Waals surface area contributed by atoms with Crippen LogP contribution in [0.1, 0.15) is 5.69 Å². The third-order valence-corrected chi connectivity index (χ3v) is 3.68. The van der Waals surface area contributed by atoms with Gasteiger partial charge in [0.05, 0.1) is 12.3 Å². The topological polar surface area (TPSA) is 77.7 Å². The number of hydrogen-bond acceptors (Lipinski definition) is 6. The van der Waals surface area contributed by atoms with Gasteiger partial charge in [0, 0.05) is 57.1 Å². The molecule has 0 saturated carbocycles. The van der Waals surface area contributed by atoms with Crippen molar-refractivity contribution in [2.75, 3.05) is 44.6 Å². The highest BCUT2D eigenvalue weighted by molar-refractivity contribution is 5.85. The molecule has 0 amide bonds. The van der Waals surface area contributed by atoms with E-state index in [0.29, 0.717) is 13.1 Å². The summed E-state index contributed by atoms with van der Waals surface area (Å²) in [4.78, 5) is 6.68. The second-order valence-electron chi connectivity index (χ2n) is 5.47. The minimum Gasteiger partial charge on any atom is -0.390 e. The van der Waals surface area contributed by atoms with Gasteiger partial charge in [-0.15, -0.1) is 24.8 Å². The highest BCUT2D eigenvalue weighted by atomic mass is 35.5. The SMILES string of the molecule is Cc1cc(NCC(O)CN2CCNCC2)n2nccc2n1.Cl.Cl. The Morgan fingerprint density at radius 3 is 2.83 bits per heavy atom. The molecule has 7 nitrogen and oxygen atoms in total. The van der Waals surface area contributed by atoms with Crippen LogP contribution in [-0.4, -0.2) is 70.0 Å². The van der Waals surface area contributed by atoms with E-state index in [1.165, 1.54) is 0 Å². The van der Waals surface area contributed by atoms with E-state index in [4.69, 9.17) is 0 Å². The van der Waals surface area contributed by atoms with Gasteiger partial charge in [-0.2, -0.15) is 9.61 Å². The molecule has 0 spiro atoms.